The molecule has 0 aliphatic heterocycles. The van der Waals surface area contributed by atoms with Crippen molar-refractivity contribution in [3.63, 3.8) is 0 Å². The molecule has 0 bridgehead atoms. The van der Waals surface area contributed by atoms with Crippen LogP contribution in [0.2, 0.25) is 0 Å². The number of likely N-dealkylation sites (N-methyl/N-ethyl adjacent to an activating group) is 1. The SMILES string of the molecule is COc1c(I)cc(CCC[C@H](C(=O)[O-])[N+](C)(C)C)cc1I. The summed E-state index contributed by atoms with van der Waals surface area (Å²) >= 11 is 4.53. The predicted molar refractivity (Wildman–Crippen MR) is 98.2 cm³/mol. The fraction of sp³-hybridized carbons (Fsp3) is 0.533. The highest BCUT2D eigenvalue weighted by Crippen LogP contribution is 2.29. The first-order chi connectivity index (χ1) is 9.66. The Morgan fingerprint density at radius 2 is 1.81 bits per heavy atom. The highest BCUT2D eigenvalue weighted by molar-refractivity contribution is 14.1. The van der Waals surface area contributed by atoms with E-state index in [-0.39, 0.29) is 0 Å². The third-order valence-electron chi connectivity index (χ3n) is 3.41. The first kappa shape index (κ1) is 19.0. The molecule has 0 spiro atoms. The molecular formula is C15H21I2NO3. The number of halogens is 2. The minimum Gasteiger partial charge on any atom is -0.544 e. The van der Waals surface area contributed by atoms with Gasteiger partial charge in [-0.05, 0) is 75.7 Å². The molecule has 0 aliphatic carbocycles. The molecular weight excluding hydrogens is 496 g/mol. The van der Waals surface area contributed by atoms with E-state index < -0.39 is 12.0 Å². The maximum atomic E-state index is 11.2. The normalized spacial score (nSPS) is 13.0. The minimum absolute atomic E-state index is 0.389. The number of carbonyl (C=O) groups is 1. The number of ether oxygens (including phenoxy) is 1. The van der Waals surface area contributed by atoms with Crippen LogP contribution in [0.5, 0.6) is 5.75 Å². The zero-order valence-electron chi connectivity index (χ0n) is 12.8. The molecule has 0 fully saturated rings. The third kappa shape index (κ3) is 5.55. The Hall–Kier alpha value is -0.0900. The van der Waals surface area contributed by atoms with Gasteiger partial charge < -0.3 is 19.1 Å². The second-order valence-corrected chi connectivity index (χ2v) is 8.26. The van der Waals surface area contributed by atoms with Crippen molar-refractivity contribution in [1.29, 1.82) is 0 Å². The van der Waals surface area contributed by atoms with E-state index in [4.69, 9.17) is 4.74 Å². The van der Waals surface area contributed by atoms with Gasteiger partial charge in [0.2, 0.25) is 0 Å². The van der Waals surface area contributed by atoms with Crippen LogP contribution in [0.3, 0.4) is 0 Å². The van der Waals surface area contributed by atoms with Crippen LogP contribution in [-0.2, 0) is 11.2 Å². The molecule has 0 N–H and O–H groups in total. The summed E-state index contributed by atoms with van der Waals surface area (Å²) in [5.74, 6) is -0.0692. The molecule has 118 valence electrons. The number of nitrogens with zero attached hydrogens (tertiary/aromatic N) is 1. The van der Waals surface area contributed by atoms with Crippen molar-refractivity contribution in [3.05, 3.63) is 24.8 Å². The zero-order valence-corrected chi connectivity index (χ0v) is 17.1. The summed E-state index contributed by atoms with van der Waals surface area (Å²) in [5.41, 5.74) is 1.21. The Morgan fingerprint density at radius 3 is 2.19 bits per heavy atom. The molecule has 0 aliphatic rings. The van der Waals surface area contributed by atoms with Crippen LogP contribution in [0.1, 0.15) is 18.4 Å². The van der Waals surface area contributed by atoms with Crippen molar-refractivity contribution in [2.75, 3.05) is 28.3 Å². The molecule has 21 heavy (non-hydrogen) atoms. The monoisotopic (exact) mass is 517 g/mol. The minimum atomic E-state index is -0.971. The van der Waals surface area contributed by atoms with Gasteiger partial charge in [-0.1, -0.05) is 0 Å². The number of hydrogen-bond donors (Lipinski definition) is 0. The summed E-state index contributed by atoms with van der Waals surface area (Å²) in [7, 11) is 7.34. The maximum absolute atomic E-state index is 11.2. The van der Waals surface area contributed by atoms with Gasteiger partial charge in [0.1, 0.15) is 11.8 Å². The van der Waals surface area contributed by atoms with Crippen molar-refractivity contribution in [2.24, 2.45) is 0 Å². The van der Waals surface area contributed by atoms with Gasteiger partial charge >= 0.3 is 0 Å². The highest BCUT2D eigenvalue weighted by atomic mass is 127. The summed E-state index contributed by atoms with van der Waals surface area (Å²) in [6, 6.07) is 3.73. The van der Waals surface area contributed by atoms with Crippen molar-refractivity contribution in [1.82, 2.24) is 0 Å². The standard InChI is InChI=1S/C15H21I2NO3/c1-18(2,3)13(15(19)20)7-5-6-10-8-11(16)14(21-4)12(17)9-10/h8-9,13H,5-7H2,1-4H3/t13-/m1/s1. The van der Waals surface area contributed by atoms with Gasteiger partial charge in [-0.2, -0.15) is 0 Å². The molecule has 0 saturated carbocycles. The molecule has 1 aromatic rings. The first-order valence-corrected chi connectivity index (χ1v) is 8.86. The lowest BCUT2D eigenvalue weighted by Gasteiger charge is -2.34. The molecule has 1 aromatic carbocycles. The lowest BCUT2D eigenvalue weighted by molar-refractivity contribution is -0.889. The van der Waals surface area contributed by atoms with E-state index in [1.165, 1.54) is 5.56 Å². The number of methoxy groups -OCH3 is 1. The van der Waals surface area contributed by atoms with Gasteiger partial charge in [0.25, 0.3) is 0 Å². The Bertz CT molecular complexity index is 489. The fourth-order valence-electron chi connectivity index (χ4n) is 2.27. The van der Waals surface area contributed by atoms with Gasteiger partial charge in [0.05, 0.1) is 41.4 Å². The smallest absolute Gasteiger partial charge is 0.145 e. The molecule has 1 atom stereocenters. The molecule has 0 aromatic heterocycles. The number of benzene rings is 1. The van der Waals surface area contributed by atoms with Crippen molar-refractivity contribution in [3.8, 4) is 5.75 Å². The van der Waals surface area contributed by atoms with Crippen LogP contribution in [0.4, 0.5) is 0 Å². The summed E-state index contributed by atoms with van der Waals surface area (Å²) in [6.07, 6.45) is 2.30. The lowest BCUT2D eigenvalue weighted by atomic mass is 10.0. The van der Waals surface area contributed by atoms with E-state index in [0.29, 0.717) is 10.9 Å². The van der Waals surface area contributed by atoms with Gasteiger partial charge in [0, 0.05) is 6.42 Å². The van der Waals surface area contributed by atoms with Crippen LogP contribution in [-0.4, -0.2) is 44.7 Å². The number of carboxylic acids is 1. The van der Waals surface area contributed by atoms with E-state index in [0.717, 1.165) is 25.7 Å². The van der Waals surface area contributed by atoms with Gasteiger partial charge in [0.15, 0.2) is 0 Å². The molecule has 6 heteroatoms. The molecule has 0 radical (unpaired) electrons. The molecule has 0 saturated heterocycles. The van der Waals surface area contributed by atoms with Crippen LogP contribution < -0.4 is 9.84 Å². The molecule has 1 rings (SSSR count). The number of carboxylic acid groups (broad SMARTS) is 1. The average Bonchev–Trinajstić information content (AvgIpc) is 2.32. The fourth-order valence-corrected chi connectivity index (χ4v) is 4.61. The van der Waals surface area contributed by atoms with E-state index in [1.54, 1.807) is 7.11 Å². The largest absolute Gasteiger partial charge is 0.544 e. The number of rotatable bonds is 7. The summed E-state index contributed by atoms with van der Waals surface area (Å²) < 4.78 is 7.90. The molecule has 4 nitrogen and oxygen atoms in total. The Balaban J connectivity index is 2.70. The quantitative estimate of drug-likeness (QED) is 0.412. The molecule has 0 amide bonds. The highest BCUT2D eigenvalue weighted by Gasteiger charge is 2.24. The third-order valence-corrected chi connectivity index (χ3v) is 5.01. The summed E-state index contributed by atoms with van der Waals surface area (Å²) in [5, 5.41) is 11.2. The van der Waals surface area contributed by atoms with Crippen molar-refractivity contribution in [2.45, 2.75) is 25.3 Å². The van der Waals surface area contributed by atoms with E-state index in [1.807, 2.05) is 21.1 Å². The van der Waals surface area contributed by atoms with Crippen LogP contribution >= 0.6 is 45.2 Å². The van der Waals surface area contributed by atoms with Crippen molar-refractivity contribution < 1.29 is 19.1 Å². The summed E-state index contributed by atoms with van der Waals surface area (Å²) in [6.45, 7) is 0. The van der Waals surface area contributed by atoms with Crippen molar-refractivity contribution >= 4 is 51.2 Å². The number of aryl methyl sites for hydroxylation is 1. The lowest BCUT2D eigenvalue weighted by Crippen LogP contribution is -2.54. The average molecular weight is 517 g/mol. The Labute approximate surface area is 153 Å². The Morgan fingerprint density at radius 1 is 1.29 bits per heavy atom. The number of carbonyl (C=O) groups excluding carboxylic acids is 1. The van der Waals surface area contributed by atoms with Gasteiger partial charge in [-0.25, -0.2) is 0 Å². The van der Waals surface area contributed by atoms with Gasteiger partial charge in [-0.15, -0.1) is 0 Å². The maximum Gasteiger partial charge on any atom is 0.145 e. The number of aliphatic carboxylic acids is 1. The topological polar surface area (TPSA) is 49.4 Å². The predicted octanol–water partition coefficient (Wildman–Crippen LogP) is 2.05. The second-order valence-electron chi connectivity index (χ2n) is 5.94. The van der Waals surface area contributed by atoms with E-state index in [2.05, 4.69) is 57.3 Å². The number of quaternary nitrogens is 1. The molecule has 0 heterocycles. The zero-order chi connectivity index (χ0) is 16.2. The van der Waals surface area contributed by atoms with E-state index in [9.17, 15) is 9.90 Å². The van der Waals surface area contributed by atoms with Gasteiger partial charge in [-0.3, -0.25) is 0 Å². The van der Waals surface area contributed by atoms with Crippen LogP contribution in [0.25, 0.3) is 0 Å². The number of hydrogen-bond acceptors (Lipinski definition) is 3. The van der Waals surface area contributed by atoms with E-state index >= 15 is 0 Å². The van der Waals surface area contributed by atoms with Crippen LogP contribution in [0.15, 0.2) is 12.1 Å². The first-order valence-electron chi connectivity index (χ1n) is 6.70. The van der Waals surface area contributed by atoms with Crippen LogP contribution in [0, 0.1) is 7.14 Å². The second kappa shape index (κ2) is 7.96. The summed E-state index contributed by atoms with van der Waals surface area (Å²) in [4.78, 5) is 11.2. The Kier molecular flexibility index (Phi) is 7.18. The molecule has 0 unspecified atom stereocenters.